The van der Waals surface area contributed by atoms with Gasteiger partial charge in [0, 0.05) is 37.3 Å². The van der Waals surface area contributed by atoms with Crippen molar-refractivity contribution in [2.24, 2.45) is 5.73 Å². The first-order valence-electron chi connectivity index (χ1n) is 6.40. The van der Waals surface area contributed by atoms with Crippen LogP contribution in [0.4, 0.5) is 5.69 Å². The van der Waals surface area contributed by atoms with Crippen molar-refractivity contribution in [1.29, 1.82) is 0 Å². The molecule has 5 heteroatoms. The number of rotatable bonds is 3. The molecule has 2 rings (SSSR count). The predicted molar refractivity (Wildman–Crippen MR) is 81.5 cm³/mol. The third-order valence-electron chi connectivity index (χ3n) is 3.35. The Morgan fingerprint density at radius 3 is 2.89 bits per heavy atom. The van der Waals surface area contributed by atoms with E-state index in [9.17, 15) is 4.79 Å². The zero-order valence-corrected chi connectivity index (χ0v) is 12.1. The summed E-state index contributed by atoms with van der Waals surface area (Å²) in [5.74, 6) is 0.0188. The fraction of sp³-hybridized carbons (Fsp3) is 0.429. The molecule has 1 aromatic carbocycles. The third-order valence-corrected chi connectivity index (χ3v) is 3.57. The molecule has 1 unspecified atom stereocenters. The Hall–Kier alpha value is -1.62. The van der Waals surface area contributed by atoms with Crippen molar-refractivity contribution in [3.8, 4) is 0 Å². The third kappa shape index (κ3) is 3.23. The van der Waals surface area contributed by atoms with Crippen LogP contribution in [-0.2, 0) is 4.79 Å². The second-order valence-corrected chi connectivity index (χ2v) is 5.46. The fourth-order valence-corrected chi connectivity index (χ4v) is 2.67. The Morgan fingerprint density at radius 2 is 2.26 bits per heavy atom. The number of carbonyl (C=O) groups is 1. The smallest absolute Gasteiger partial charge is 0.217 e. The number of aryl methyl sites for hydroxylation is 1. The molecule has 1 aliphatic heterocycles. The van der Waals surface area contributed by atoms with E-state index in [0.29, 0.717) is 4.99 Å². The first-order chi connectivity index (χ1) is 8.97. The van der Waals surface area contributed by atoms with Crippen molar-refractivity contribution < 1.29 is 4.79 Å². The molecule has 0 aromatic heterocycles. The van der Waals surface area contributed by atoms with Gasteiger partial charge in [-0.2, -0.15) is 0 Å². The number of benzene rings is 1. The van der Waals surface area contributed by atoms with E-state index >= 15 is 0 Å². The van der Waals surface area contributed by atoms with E-state index in [1.54, 1.807) is 6.92 Å². The van der Waals surface area contributed by atoms with E-state index < -0.39 is 0 Å². The van der Waals surface area contributed by atoms with E-state index in [1.807, 2.05) is 13.0 Å². The monoisotopic (exact) mass is 277 g/mol. The van der Waals surface area contributed by atoms with E-state index in [0.717, 1.165) is 36.3 Å². The van der Waals surface area contributed by atoms with Crippen molar-refractivity contribution >= 4 is 28.8 Å². The van der Waals surface area contributed by atoms with Crippen LogP contribution in [0.2, 0.25) is 0 Å². The highest BCUT2D eigenvalue weighted by Gasteiger charge is 2.25. The average Bonchev–Trinajstić information content (AvgIpc) is 2.76. The van der Waals surface area contributed by atoms with Crippen LogP contribution in [0.1, 0.15) is 24.5 Å². The van der Waals surface area contributed by atoms with Crippen LogP contribution >= 0.6 is 12.2 Å². The zero-order valence-electron chi connectivity index (χ0n) is 11.3. The van der Waals surface area contributed by atoms with E-state index in [4.69, 9.17) is 18.0 Å². The summed E-state index contributed by atoms with van der Waals surface area (Å²) in [6.07, 6.45) is 0.949. The van der Waals surface area contributed by atoms with Crippen molar-refractivity contribution in [2.45, 2.75) is 26.3 Å². The Bertz CT molecular complexity index is 515. The normalized spacial score (nSPS) is 18.4. The van der Waals surface area contributed by atoms with Crippen molar-refractivity contribution in [3.63, 3.8) is 0 Å². The van der Waals surface area contributed by atoms with Crippen LogP contribution < -0.4 is 16.0 Å². The minimum atomic E-state index is 0.0188. The van der Waals surface area contributed by atoms with Gasteiger partial charge in [-0.25, -0.2) is 0 Å². The van der Waals surface area contributed by atoms with Gasteiger partial charge >= 0.3 is 0 Å². The molecule has 1 amide bonds. The second-order valence-electron chi connectivity index (χ2n) is 5.02. The van der Waals surface area contributed by atoms with E-state index in [-0.39, 0.29) is 11.9 Å². The van der Waals surface area contributed by atoms with Gasteiger partial charge in [0.2, 0.25) is 5.91 Å². The molecule has 1 fully saturated rings. The largest absolute Gasteiger partial charge is 0.389 e. The number of amides is 1. The molecule has 19 heavy (non-hydrogen) atoms. The number of nitrogens with zero attached hydrogens (tertiary/aromatic N) is 1. The Labute approximate surface area is 119 Å². The molecule has 0 spiro atoms. The SMILES string of the molecule is CC(=O)NC1CCN(c2ccc(C)cc2C(N)=S)C1. The topological polar surface area (TPSA) is 58.4 Å². The molecule has 0 radical (unpaired) electrons. The van der Waals surface area contributed by atoms with Crippen LogP contribution in [0, 0.1) is 6.92 Å². The first-order valence-corrected chi connectivity index (χ1v) is 6.80. The van der Waals surface area contributed by atoms with Crippen molar-refractivity contribution in [2.75, 3.05) is 18.0 Å². The van der Waals surface area contributed by atoms with E-state index in [2.05, 4.69) is 22.3 Å². The number of nitrogens with one attached hydrogen (secondary N) is 1. The van der Waals surface area contributed by atoms with Gasteiger partial charge < -0.3 is 16.0 Å². The van der Waals surface area contributed by atoms with E-state index in [1.165, 1.54) is 0 Å². The maximum atomic E-state index is 11.1. The molecular formula is C14H19N3OS. The fourth-order valence-electron chi connectivity index (χ4n) is 2.51. The lowest BCUT2D eigenvalue weighted by Crippen LogP contribution is -2.35. The summed E-state index contributed by atoms with van der Waals surface area (Å²) in [4.78, 5) is 13.7. The highest BCUT2D eigenvalue weighted by molar-refractivity contribution is 7.80. The van der Waals surface area contributed by atoms with Crippen LogP contribution in [0.3, 0.4) is 0 Å². The molecule has 0 aliphatic carbocycles. The number of thiocarbonyl (C=S) groups is 1. The lowest BCUT2D eigenvalue weighted by atomic mass is 10.1. The van der Waals surface area contributed by atoms with Gasteiger partial charge in [-0.15, -0.1) is 0 Å². The first kappa shape index (κ1) is 13.8. The molecule has 0 saturated carbocycles. The molecule has 1 atom stereocenters. The quantitative estimate of drug-likeness (QED) is 0.819. The Balaban J connectivity index is 2.19. The summed E-state index contributed by atoms with van der Waals surface area (Å²) < 4.78 is 0. The molecule has 1 heterocycles. The van der Waals surface area contributed by atoms with Gasteiger partial charge in [-0.05, 0) is 25.5 Å². The molecule has 4 nitrogen and oxygen atoms in total. The Morgan fingerprint density at radius 1 is 1.53 bits per heavy atom. The van der Waals surface area contributed by atoms with Gasteiger partial charge in [0.15, 0.2) is 0 Å². The molecular weight excluding hydrogens is 258 g/mol. The maximum absolute atomic E-state index is 11.1. The molecule has 0 bridgehead atoms. The number of hydrogen-bond acceptors (Lipinski definition) is 3. The number of nitrogens with two attached hydrogens (primary N) is 1. The highest BCUT2D eigenvalue weighted by atomic mass is 32.1. The maximum Gasteiger partial charge on any atom is 0.217 e. The minimum absolute atomic E-state index is 0.0188. The summed E-state index contributed by atoms with van der Waals surface area (Å²) in [7, 11) is 0. The summed E-state index contributed by atoms with van der Waals surface area (Å²) in [6, 6.07) is 6.34. The molecule has 3 N–H and O–H groups in total. The standard InChI is InChI=1S/C14H19N3OS/c1-9-3-4-13(12(7-9)14(15)19)17-6-5-11(8-17)16-10(2)18/h3-4,7,11H,5-6,8H2,1-2H3,(H2,15,19)(H,16,18). The molecule has 1 aliphatic rings. The van der Waals surface area contributed by atoms with Crippen molar-refractivity contribution in [3.05, 3.63) is 29.3 Å². The average molecular weight is 277 g/mol. The van der Waals surface area contributed by atoms with Crippen molar-refractivity contribution in [1.82, 2.24) is 5.32 Å². The van der Waals surface area contributed by atoms with Gasteiger partial charge in [-0.1, -0.05) is 23.8 Å². The summed E-state index contributed by atoms with van der Waals surface area (Å²) in [5, 5.41) is 2.96. The van der Waals surface area contributed by atoms with Crippen LogP contribution in [0.15, 0.2) is 18.2 Å². The van der Waals surface area contributed by atoms with Gasteiger partial charge in [-0.3, -0.25) is 4.79 Å². The lowest BCUT2D eigenvalue weighted by molar-refractivity contribution is -0.119. The highest BCUT2D eigenvalue weighted by Crippen LogP contribution is 2.25. The molecule has 1 aromatic rings. The Kier molecular flexibility index (Phi) is 4.04. The van der Waals surface area contributed by atoms with Gasteiger partial charge in [0.25, 0.3) is 0 Å². The number of anilines is 1. The molecule has 1 saturated heterocycles. The number of carbonyl (C=O) groups excluding carboxylic acids is 1. The summed E-state index contributed by atoms with van der Waals surface area (Å²) in [5.41, 5.74) is 8.92. The minimum Gasteiger partial charge on any atom is -0.389 e. The van der Waals surface area contributed by atoms with Gasteiger partial charge in [0.05, 0.1) is 0 Å². The molecule has 102 valence electrons. The predicted octanol–water partition coefficient (Wildman–Crippen LogP) is 1.34. The van der Waals surface area contributed by atoms with Gasteiger partial charge in [0.1, 0.15) is 4.99 Å². The summed E-state index contributed by atoms with van der Waals surface area (Å²) in [6.45, 7) is 5.28. The van der Waals surface area contributed by atoms with Crippen LogP contribution in [-0.4, -0.2) is 30.0 Å². The van der Waals surface area contributed by atoms with Crippen LogP contribution in [0.5, 0.6) is 0 Å². The lowest BCUT2D eigenvalue weighted by Gasteiger charge is -2.22. The summed E-state index contributed by atoms with van der Waals surface area (Å²) >= 11 is 5.13. The zero-order chi connectivity index (χ0) is 14.0. The number of hydrogen-bond donors (Lipinski definition) is 2. The second kappa shape index (κ2) is 5.57. The van der Waals surface area contributed by atoms with Crippen LogP contribution in [0.25, 0.3) is 0 Å².